The molecule has 0 radical (unpaired) electrons. The summed E-state index contributed by atoms with van der Waals surface area (Å²) >= 11 is 5.94. The molecule has 0 aromatic heterocycles. The first-order valence-corrected chi connectivity index (χ1v) is 8.40. The number of hydrogen-bond donors (Lipinski definition) is 0. The van der Waals surface area contributed by atoms with Crippen LogP contribution in [0.4, 0.5) is 10.1 Å². The lowest BCUT2D eigenvalue weighted by molar-refractivity contribution is -0.385. The van der Waals surface area contributed by atoms with Crippen LogP contribution in [-0.2, 0) is 11.3 Å². The molecule has 3 rings (SSSR count). The standard InChI is InChI=1S/C18H13ClFN3O5/c1-21(8-11-12(19)5-3-6-13(11)20)15(24)9-22-17(25)10-4-2-7-14(23(27)28)16(10)18(22)26/h2-7H,8-9H2,1H3. The molecule has 28 heavy (non-hydrogen) atoms. The van der Waals surface area contributed by atoms with Gasteiger partial charge in [-0.3, -0.25) is 29.4 Å². The Hall–Kier alpha value is -3.33. The molecule has 0 fully saturated rings. The Balaban J connectivity index is 1.79. The average molecular weight is 406 g/mol. The molecular formula is C18H13ClFN3O5. The van der Waals surface area contributed by atoms with Gasteiger partial charge in [-0.05, 0) is 18.2 Å². The topological polar surface area (TPSA) is 101 Å². The first kappa shape index (κ1) is 19.4. The van der Waals surface area contributed by atoms with Crippen molar-refractivity contribution < 1.29 is 23.7 Å². The second-order valence-corrected chi connectivity index (χ2v) is 6.51. The van der Waals surface area contributed by atoms with E-state index in [0.29, 0.717) is 4.90 Å². The van der Waals surface area contributed by atoms with Gasteiger partial charge in [-0.1, -0.05) is 23.7 Å². The number of benzene rings is 2. The van der Waals surface area contributed by atoms with Crippen LogP contribution in [0.3, 0.4) is 0 Å². The molecule has 144 valence electrons. The van der Waals surface area contributed by atoms with Gasteiger partial charge in [-0.2, -0.15) is 0 Å². The number of amides is 3. The molecule has 0 atom stereocenters. The van der Waals surface area contributed by atoms with Gasteiger partial charge in [0, 0.05) is 30.2 Å². The fraction of sp³-hybridized carbons (Fsp3) is 0.167. The predicted molar refractivity (Wildman–Crippen MR) is 96.3 cm³/mol. The molecule has 10 heteroatoms. The van der Waals surface area contributed by atoms with Crippen molar-refractivity contribution in [2.24, 2.45) is 0 Å². The smallest absolute Gasteiger partial charge is 0.282 e. The Morgan fingerprint density at radius 3 is 2.54 bits per heavy atom. The highest BCUT2D eigenvalue weighted by molar-refractivity contribution is 6.31. The maximum atomic E-state index is 13.9. The summed E-state index contributed by atoms with van der Waals surface area (Å²) in [5, 5.41) is 11.3. The molecule has 0 saturated heterocycles. The van der Waals surface area contributed by atoms with Gasteiger partial charge in [0.1, 0.15) is 17.9 Å². The Morgan fingerprint density at radius 1 is 1.21 bits per heavy atom. The summed E-state index contributed by atoms with van der Waals surface area (Å²) in [6.45, 7) is -0.806. The van der Waals surface area contributed by atoms with E-state index in [1.165, 1.54) is 37.4 Å². The number of likely N-dealkylation sites (N-methyl/N-ethyl adjacent to an activating group) is 1. The maximum absolute atomic E-state index is 13.9. The average Bonchev–Trinajstić information content (AvgIpc) is 2.89. The molecule has 2 aromatic carbocycles. The number of imide groups is 1. The van der Waals surface area contributed by atoms with Gasteiger partial charge in [0.15, 0.2) is 0 Å². The molecule has 1 aliphatic heterocycles. The van der Waals surface area contributed by atoms with Gasteiger partial charge in [-0.25, -0.2) is 4.39 Å². The highest BCUT2D eigenvalue weighted by atomic mass is 35.5. The normalized spacial score (nSPS) is 12.9. The van der Waals surface area contributed by atoms with E-state index in [2.05, 4.69) is 0 Å². The van der Waals surface area contributed by atoms with E-state index < -0.39 is 40.7 Å². The van der Waals surface area contributed by atoms with Gasteiger partial charge in [-0.15, -0.1) is 0 Å². The molecule has 1 heterocycles. The highest BCUT2D eigenvalue weighted by Crippen LogP contribution is 2.30. The van der Waals surface area contributed by atoms with Crippen LogP contribution in [0.25, 0.3) is 0 Å². The zero-order chi connectivity index (χ0) is 20.6. The number of fused-ring (bicyclic) bond motifs is 1. The van der Waals surface area contributed by atoms with E-state index in [9.17, 15) is 28.9 Å². The quantitative estimate of drug-likeness (QED) is 0.432. The molecule has 1 aliphatic rings. The van der Waals surface area contributed by atoms with Crippen molar-refractivity contribution >= 4 is 35.0 Å². The third-order valence-corrected chi connectivity index (χ3v) is 4.70. The van der Waals surface area contributed by atoms with Crippen molar-refractivity contribution in [3.05, 3.63) is 74.0 Å². The Bertz CT molecular complexity index is 1010. The summed E-state index contributed by atoms with van der Waals surface area (Å²) in [5.41, 5.74) is -0.882. The molecule has 0 bridgehead atoms. The van der Waals surface area contributed by atoms with Crippen LogP contribution < -0.4 is 0 Å². The molecule has 0 unspecified atom stereocenters. The minimum absolute atomic E-state index is 0.0954. The van der Waals surface area contributed by atoms with Crippen LogP contribution in [0.1, 0.15) is 26.3 Å². The van der Waals surface area contributed by atoms with Crippen LogP contribution >= 0.6 is 11.6 Å². The van der Waals surface area contributed by atoms with E-state index in [1.807, 2.05) is 0 Å². The number of carbonyl (C=O) groups excluding carboxylic acids is 3. The van der Waals surface area contributed by atoms with Crippen molar-refractivity contribution in [3.63, 3.8) is 0 Å². The lowest BCUT2D eigenvalue weighted by Crippen LogP contribution is -2.41. The molecule has 0 saturated carbocycles. The number of nitrogens with zero attached hydrogens (tertiary/aromatic N) is 3. The largest absolute Gasteiger partial charge is 0.340 e. The monoisotopic (exact) mass is 405 g/mol. The maximum Gasteiger partial charge on any atom is 0.282 e. The zero-order valence-corrected chi connectivity index (χ0v) is 15.3. The second kappa shape index (κ2) is 7.35. The molecule has 8 nitrogen and oxygen atoms in total. The number of rotatable bonds is 5. The first-order valence-electron chi connectivity index (χ1n) is 8.02. The Morgan fingerprint density at radius 2 is 1.89 bits per heavy atom. The molecular weight excluding hydrogens is 393 g/mol. The lowest BCUT2D eigenvalue weighted by atomic mass is 10.1. The predicted octanol–water partition coefficient (Wildman–Crippen LogP) is 2.64. The third kappa shape index (κ3) is 3.31. The molecule has 2 aromatic rings. The fourth-order valence-electron chi connectivity index (χ4n) is 2.88. The van der Waals surface area contributed by atoms with Crippen molar-refractivity contribution in [1.82, 2.24) is 9.80 Å². The summed E-state index contributed by atoms with van der Waals surface area (Å²) in [7, 11) is 1.37. The van der Waals surface area contributed by atoms with E-state index in [4.69, 9.17) is 11.6 Å². The minimum atomic E-state index is -0.919. The van der Waals surface area contributed by atoms with E-state index in [1.54, 1.807) is 0 Å². The van der Waals surface area contributed by atoms with Crippen molar-refractivity contribution in [2.45, 2.75) is 6.54 Å². The Labute approximate surface area is 163 Å². The highest BCUT2D eigenvalue weighted by Gasteiger charge is 2.42. The van der Waals surface area contributed by atoms with Gasteiger partial charge >= 0.3 is 0 Å². The summed E-state index contributed by atoms with van der Waals surface area (Å²) in [6, 6.07) is 7.79. The van der Waals surface area contributed by atoms with Crippen LogP contribution in [-0.4, -0.2) is 46.0 Å². The first-order chi connectivity index (χ1) is 13.2. The Kier molecular flexibility index (Phi) is 5.10. The molecule has 0 N–H and O–H groups in total. The zero-order valence-electron chi connectivity index (χ0n) is 14.5. The molecule has 3 amide bonds. The number of carbonyl (C=O) groups is 3. The van der Waals surface area contributed by atoms with Crippen LogP contribution in [0.15, 0.2) is 36.4 Å². The number of hydrogen-bond acceptors (Lipinski definition) is 5. The number of halogens is 2. The van der Waals surface area contributed by atoms with Crippen LogP contribution in [0.2, 0.25) is 5.02 Å². The summed E-state index contributed by atoms with van der Waals surface area (Å²) in [6.07, 6.45) is 0. The summed E-state index contributed by atoms with van der Waals surface area (Å²) < 4.78 is 13.9. The SMILES string of the molecule is CN(Cc1c(F)cccc1Cl)C(=O)CN1C(=O)c2cccc([N+](=O)[O-])c2C1=O. The minimum Gasteiger partial charge on any atom is -0.340 e. The number of nitro benzene ring substituents is 1. The van der Waals surface area contributed by atoms with Crippen LogP contribution in [0.5, 0.6) is 0 Å². The van der Waals surface area contributed by atoms with Gasteiger partial charge < -0.3 is 4.90 Å². The lowest BCUT2D eigenvalue weighted by Gasteiger charge is -2.21. The van der Waals surface area contributed by atoms with E-state index in [0.717, 1.165) is 11.0 Å². The van der Waals surface area contributed by atoms with Gasteiger partial charge in [0.05, 0.1) is 10.5 Å². The van der Waals surface area contributed by atoms with E-state index in [-0.39, 0.29) is 28.3 Å². The van der Waals surface area contributed by atoms with Crippen molar-refractivity contribution in [1.29, 1.82) is 0 Å². The molecule has 0 spiro atoms. The third-order valence-electron chi connectivity index (χ3n) is 4.35. The van der Waals surface area contributed by atoms with Crippen LogP contribution in [0, 0.1) is 15.9 Å². The van der Waals surface area contributed by atoms with E-state index >= 15 is 0 Å². The number of nitro groups is 1. The van der Waals surface area contributed by atoms with Crippen molar-refractivity contribution in [2.75, 3.05) is 13.6 Å². The summed E-state index contributed by atoms with van der Waals surface area (Å²) in [5.74, 6) is -2.97. The van der Waals surface area contributed by atoms with Crippen molar-refractivity contribution in [3.8, 4) is 0 Å². The van der Waals surface area contributed by atoms with Gasteiger partial charge in [0.2, 0.25) is 5.91 Å². The van der Waals surface area contributed by atoms with Gasteiger partial charge in [0.25, 0.3) is 17.5 Å². The fourth-order valence-corrected chi connectivity index (χ4v) is 3.10. The summed E-state index contributed by atoms with van der Waals surface area (Å²) in [4.78, 5) is 49.5. The molecule has 0 aliphatic carbocycles. The second-order valence-electron chi connectivity index (χ2n) is 6.10.